The fourth-order valence-corrected chi connectivity index (χ4v) is 2.30. The van der Waals surface area contributed by atoms with Gasteiger partial charge >= 0.3 is 5.97 Å². The highest BCUT2D eigenvalue weighted by molar-refractivity contribution is 9.10. The lowest BCUT2D eigenvalue weighted by Crippen LogP contribution is -2.30. The Kier molecular flexibility index (Phi) is 7.34. The third-order valence-corrected chi connectivity index (χ3v) is 4.01. The van der Waals surface area contributed by atoms with E-state index in [0.717, 1.165) is 15.0 Å². The van der Waals surface area contributed by atoms with E-state index in [1.165, 1.54) is 0 Å². The van der Waals surface area contributed by atoms with Gasteiger partial charge in [-0.15, -0.1) is 0 Å². The summed E-state index contributed by atoms with van der Waals surface area (Å²) in [5.41, 5.74) is 0. The van der Waals surface area contributed by atoms with E-state index in [4.69, 9.17) is 14.2 Å². The zero-order chi connectivity index (χ0) is 17.4. The second kappa shape index (κ2) is 9.49. The smallest absolute Gasteiger partial charge is 0.330 e. The highest BCUT2D eigenvalue weighted by Gasteiger charge is 2.15. The first-order chi connectivity index (χ1) is 11.6. The maximum atomic E-state index is 11.5. The number of esters is 1. The molecule has 4 nitrogen and oxygen atoms in total. The van der Waals surface area contributed by atoms with Crippen molar-refractivity contribution < 1.29 is 19.0 Å². The summed E-state index contributed by atoms with van der Waals surface area (Å²) in [4.78, 5) is 11.5. The van der Waals surface area contributed by atoms with Crippen molar-refractivity contribution in [3.8, 4) is 11.5 Å². The molecule has 2 aromatic rings. The number of carbonyl (C=O) groups is 1. The van der Waals surface area contributed by atoms with Crippen LogP contribution in [0.15, 0.2) is 70.1 Å². The Labute approximate surface area is 157 Å². The van der Waals surface area contributed by atoms with E-state index in [9.17, 15) is 4.79 Å². The molecule has 0 radical (unpaired) electrons. The van der Waals surface area contributed by atoms with Crippen LogP contribution in [0.4, 0.5) is 0 Å². The standard InChI is InChI=1S/C18H16Br2O4/c1-2-18(21)24-17(11-22-15-7-3-13(19)4-8-15)12-23-16-9-5-14(20)6-10-16/h2-10,17H,1,11-12H2. The predicted molar refractivity (Wildman–Crippen MR) is 99.4 cm³/mol. The van der Waals surface area contributed by atoms with Crippen LogP contribution in [0.2, 0.25) is 0 Å². The van der Waals surface area contributed by atoms with Crippen LogP contribution >= 0.6 is 31.9 Å². The van der Waals surface area contributed by atoms with Gasteiger partial charge in [0, 0.05) is 15.0 Å². The minimum atomic E-state index is -0.553. The molecule has 0 amide bonds. The summed E-state index contributed by atoms with van der Waals surface area (Å²) < 4.78 is 18.5. The van der Waals surface area contributed by atoms with Crippen molar-refractivity contribution in [2.24, 2.45) is 0 Å². The largest absolute Gasteiger partial charge is 0.490 e. The molecule has 2 rings (SSSR count). The Morgan fingerprint density at radius 3 is 1.71 bits per heavy atom. The van der Waals surface area contributed by atoms with E-state index in [1.807, 2.05) is 48.5 Å². The third kappa shape index (κ3) is 6.37. The summed E-state index contributed by atoms with van der Waals surface area (Å²) in [7, 11) is 0. The fraction of sp³-hybridized carbons (Fsp3) is 0.167. The van der Waals surface area contributed by atoms with Gasteiger partial charge in [-0.05, 0) is 48.5 Å². The van der Waals surface area contributed by atoms with Gasteiger partial charge in [0.25, 0.3) is 0 Å². The molecule has 0 aromatic heterocycles. The molecule has 0 aliphatic heterocycles. The molecular formula is C18H16Br2O4. The van der Waals surface area contributed by atoms with Gasteiger partial charge in [-0.25, -0.2) is 4.79 Å². The van der Waals surface area contributed by atoms with Gasteiger partial charge in [0.1, 0.15) is 24.7 Å². The van der Waals surface area contributed by atoms with E-state index in [1.54, 1.807) is 0 Å². The van der Waals surface area contributed by atoms with Crippen LogP contribution in [-0.4, -0.2) is 25.3 Å². The van der Waals surface area contributed by atoms with E-state index >= 15 is 0 Å². The first-order valence-corrected chi connectivity index (χ1v) is 8.75. The monoisotopic (exact) mass is 454 g/mol. The molecule has 2 aromatic carbocycles. The SMILES string of the molecule is C=CC(=O)OC(COc1ccc(Br)cc1)COc1ccc(Br)cc1. The van der Waals surface area contributed by atoms with Crippen LogP contribution in [0, 0.1) is 0 Å². The van der Waals surface area contributed by atoms with Gasteiger partial charge in [-0.3, -0.25) is 0 Å². The van der Waals surface area contributed by atoms with Crippen LogP contribution < -0.4 is 9.47 Å². The normalized spacial score (nSPS) is 10.3. The van der Waals surface area contributed by atoms with Crippen molar-refractivity contribution in [1.29, 1.82) is 0 Å². The number of rotatable bonds is 8. The first kappa shape index (κ1) is 18.5. The molecule has 0 N–H and O–H groups in total. The second-order valence-corrected chi connectivity index (χ2v) is 6.62. The summed E-state index contributed by atoms with van der Waals surface area (Å²) in [5, 5.41) is 0. The van der Waals surface area contributed by atoms with Crippen molar-refractivity contribution in [1.82, 2.24) is 0 Å². The predicted octanol–water partition coefficient (Wildman–Crippen LogP) is 4.77. The van der Waals surface area contributed by atoms with E-state index in [0.29, 0.717) is 11.5 Å². The zero-order valence-corrected chi connectivity index (χ0v) is 16.0. The minimum Gasteiger partial charge on any atom is -0.490 e. The molecule has 24 heavy (non-hydrogen) atoms. The van der Waals surface area contributed by atoms with E-state index in [2.05, 4.69) is 38.4 Å². The van der Waals surface area contributed by atoms with Gasteiger partial charge in [0.05, 0.1) is 0 Å². The van der Waals surface area contributed by atoms with E-state index in [-0.39, 0.29) is 13.2 Å². The van der Waals surface area contributed by atoms with Crippen molar-refractivity contribution >= 4 is 37.8 Å². The second-order valence-electron chi connectivity index (χ2n) is 4.79. The third-order valence-electron chi connectivity index (χ3n) is 2.95. The summed E-state index contributed by atoms with van der Waals surface area (Å²) in [6.45, 7) is 3.76. The average Bonchev–Trinajstić information content (AvgIpc) is 2.60. The van der Waals surface area contributed by atoms with Gasteiger partial charge in [-0.1, -0.05) is 38.4 Å². The molecule has 6 heteroatoms. The Morgan fingerprint density at radius 1 is 0.917 bits per heavy atom. The lowest BCUT2D eigenvalue weighted by Gasteiger charge is -2.18. The van der Waals surface area contributed by atoms with Gasteiger partial charge < -0.3 is 14.2 Å². The first-order valence-electron chi connectivity index (χ1n) is 7.16. The van der Waals surface area contributed by atoms with Crippen molar-refractivity contribution in [2.45, 2.75) is 6.10 Å². The molecule has 0 aliphatic rings. The van der Waals surface area contributed by atoms with Crippen molar-refractivity contribution in [3.05, 3.63) is 70.1 Å². The van der Waals surface area contributed by atoms with Crippen LogP contribution in [0.1, 0.15) is 0 Å². The number of ether oxygens (including phenoxy) is 3. The molecule has 0 bridgehead atoms. The number of hydrogen-bond acceptors (Lipinski definition) is 4. The van der Waals surface area contributed by atoms with Crippen LogP contribution in [0.5, 0.6) is 11.5 Å². The Hall–Kier alpha value is -1.79. The molecule has 0 unspecified atom stereocenters. The molecule has 0 saturated carbocycles. The molecule has 126 valence electrons. The Balaban J connectivity index is 1.92. The maximum Gasteiger partial charge on any atom is 0.330 e. The lowest BCUT2D eigenvalue weighted by molar-refractivity contribution is -0.146. The van der Waals surface area contributed by atoms with Gasteiger partial charge in [-0.2, -0.15) is 0 Å². The maximum absolute atomic E-state index is 11.5. The minimum absolute atomic E-state index is 0.178. The number of benzene rings is 2. The molecule has 0 spiro atoms. The van der Waals surface area contributed by atoms with Crippen molar-refractivity contribution in [2.75, 3.05) is 13.2 Å². The van der Waals surface area contributed by atoms with Gasteiger partial charge in [0.2, 0.25) is 0 Å². The summed E-state index contributed by atoms with van der Waals surface area (Å²) in [5.74, 6) is 0.849. The van der Waals surface area contributed by atoms with Gasteiger partial charge in [0.15, 0.2) is 6.10 Å². The number of carbonyl (C=O) groups excluding carboxylic acids is 1. The molecule has 0 heterocycles. The molecule has 0 fully saturated rings. The Bertz CT molecular complexity index is 619. The highest BCUT2D eigenvalue weighted by atomic mass is 79.9. The summed E-state index contributed by atoms with van der Waals surface area (Å²) in [6, 6.07) is 14.8. The van der Waals surface area contributed by atoms with Crippen LogP contribution in [-0.2, 0) is 9.53 Å². The fourth-order valence-electron chi connectivity index (χ4n) is 1.77. The van der Waals surface area contributed by atoms with E-state index < -0.39 is 12.1 Å². The van der Waals surface area contributed by atoms with Crippen LogP contribution in [0.25, 0.3) is 0 Å². The number of hydrogen-bond donors (Lipinski definition) is 0. The molecule has 0 aliphatic carbocycles. The summed E-state index contributed by atoms with van der Waals surface area (Å²) >= 11 is 6.73. The Morgan fingerprint density at radius 2 is 1.33 bits per heavy atom. The number of halogens is 2. The molecule has 0 saturated heterocycles. The molecular weight excluding hydrogens is 440 g/mol. The molecule has 0 atom stereocenters. The van der Waals surface area contributed by atoms with Crippen LogP contribution in [0.3, 0.4) is 0 Å². The lowest BCUT2D eigenvalue weighted by atomic mass is 10.3. The average molecular weight is 456 g/mol. The summed E-state index contributed by atoms with van der Waals surface area (Å²) in [6.07, 6.45) is 0.564. The highest BCUT2D eigenvalue weighted by Crippen LogP contribution is 2.18. The zero-order valence-electron chi connectivity index (χ0n) is 12.8. The quantitative estimate of drug-likeness (QED) is 0.425. The van der Waals surface area contributed by atoms with Crippen molar-refractivity contribution in [3.63, 3.8) is 0 Å². The topological polar surface area (TPSA) is 44.8 Å².